The van der Waals surface area contributed by atoms with Crippen molar-refractivity contribution in [1.82, 2.24) is 0 Å². The lowest BCUT2D eigenvalue weighted by atomic mass is 10.2. The molecular weight excluding hydrogens is 376 g/mol. The lowest BCUT2D eigenvalue weighted by Crippen LogP contribution is -2.30. The first-order valence-electron chi connectivity index (χ1n) is 8.01. The number of hydrogen-bond acceptors (Lipinski definition) is 6. The number of nitro benzene ring substituents is 1. The molecule has 9 heteroatoms. The monoisotopic (exact) mass is 392 g/mol. The topological polar surface area (TPSA) is 108 Å². The highest BCUT2D eigenvalue weighted by molar-refractivity contribution is 6.32. The lowest BCUT2D eigenvalue weighted by molar-refractivity contribution is -0.384. The molecule has 27 heavy (non-hydrogen) atoms. The van der Waals surface area contributed by atoms with Gasteiger partial charge in [-0.1, -0.05) is 23.7 Å². The fourth-order valence-electron chi connectivity index (χ4n) is 2.15. The maximum absolute atomic E-state index is 12.3. The van der Waals surface area contributed by atoms with Crippen molar-refractivity contribution in [2.75, 3.05) is 11.9 Å². The van der Waals surface area contributed by atoms with E-state index < -0.39 is 28.6 Å². The fourth-order valence-corrected chi connectivity index (χ4v) is 2.33. The van der Waals surface area contributed by atoms with Gasteiger partial charge in [-0.3, -0.25) is 14.9 Å². The Hall–Kier alpha value is -3.13. The minimum Gasteiger partial charge on any atom is -0.492 e. The van der Waals surface area contributed by atoms with Crippen LogP contribution in [0.1, 0.15) is 24.2 Å². The summed E-state index contributed by atoms with van der Waals surface area (Å²) in [6.07, 6.45) is -1.14. The summed E-state index contributed by atoms with van der Waals surface area (Å²) in [7, 11) is 0. The average Bonchev–Trinajstić information content (AvgIpc) is 2.63. The molecular formula is C18H17ClN2O6. The molecule has 1 atom stereocenters. The van der Waals surface area contributed by atoms with Gasteiger partial charge in [-0.2, -0.15) is 0 Å². The van der Waals surface area contributed by atoms with E-state index in [1.54, 1.807) is 24.3 Å². The summed E-state index contributed by atoms with van der Waals surface area (Å²) in [4.78, 5) is 34.7. The predicted molar refractivity (Wildman–Crippen MR) is 99.2 cm³/mol. The average molecular weight is 393 g/mol. The molecule has 0 saturated carbocycles. The first-order valence-corrected chi connectivity index (χ1v) is 8.39. The molecule has 142 valence electrons. The molecule has 8 nitrogen and oxygen atoms in total. The Labute approximate surface area is 160 Å². The van der Waals surface area contributed by atoms with E-state index in [4.69, 9.17) is 21.1 Å². The summed E-state index contributed by atoms with van der Waals surface area (Å²) < 4.78 is 10.5. The van der Waals surface area contributed by atoms with Crippen LogP contribution in [0.25, 0.3) is 0 Å². The number of hydrogen-bond donors (Lipinski definition) is 1. The number of nitro groups is 1. The van der Waals surface area contributed by atoms with Crippen LogP contribution in [0.4, 0.5) is 11.4 Å². The van der Waals surface area contributed by atoms with Crippen LogP contribution in [0.3, 0.4) is 0 Å². The number of carbonyl (C=O) groups excluding carboxylic acids is 2. The lowest BCUT2D eigenvalue weighted by Gasteiger charge is -2.15. The summed E-state index contributed by atoms with van der Waals surface area (Å²) in [5.41, 5.74) is -0.0660. The summed E-state index contributed by atoms with van der Waals surface area (Å²) in [5.74, 6) is -0.963. The highest BCUT2D eigenvalue weighted by atomic mass is 35.5. The van der Waals surface area contributed by atoms with Crippen molar-refractivity contribution < 1.29 is 24.0 Å². The van der Waals surface area contributed by atoms with Crippen molar-refractivity contribution in [1.29, 1.82) is 0 Å². The molecule has 0 radical (unpaired) electrons. The summed E-state index contributed by atoms with van der Waals surface area (Å²) in [5, 5.41) is 13.4. The molecule has 0 aliphatic heterocycles. The van der Waals surface area contributed by atoms with Gasteiger partial charge < -0.3 is 14.8 Å². The van der Waals surface area contributed by atoms with E-state index in [0.29, 0.717) is 18.0 Å². The molecule has 0 fully saturated rings. The van der Waals surface area contributed by atoms with E-state index in [0.717, 1.165) is 6.07 Å². The van der Waals surface area contributed by atoms with Crippen molar-refractivity contribution in [3.8, 4) is 5.75 Å². The second-order valence-corrected chi connectivity index (χ2v) is 5.80. The summed E-state index contributed by atoms with van der Waals surface area (Å²) in [6.45, 7) is 3.63. The number of nitrogens with one attached hydrogen (secondary N) is 1. The zero-order valence-electron chi connectivity index (χ0n) is 14.6. The number of para-hydroxylation sites is 2. The van der Waals surface area contributed by atoms with Gasteiger partial charge >= 0.3 is 5.97 Å². The van der Waals surface area contributed by atoms with Gasteiger partial charge in [0, 0.05) is 6.07 Å². The molecule has 2 aromatic rings. The molecule has 1 amide bonds. The number of carbonyl (C=O) groups is 2. The van der Waals surface area contributed by atoms with Gasteiger partial charge in [0.15, 0.2) is 6.10 Å². The number of anilines is 1. The molecule has 0 bridgehead atoms. The molecule has 0 heterocycles. The Balaban J connectivity index is 2.07. The van der Waals surface area contributed by atoms with E-state index in [2.05, 4.69) is 5.32 Å². The summed E-state index contributed by atoms with van der Waals surface area (Å²) in [6, 6.07) is 10.3. The number of ether oxygens (including phenoxy) is 2. The minimum absolute atomic E-state index is 0.0829. The van der Waals surface area contributed by atoms with Crippen LogP contribution in [0.15, 0.2) is 42.5 Å². The first kappa shape index (κ1) is 20.2. The van der Waals surface area contributed by atoms with Gasteiger partial charge in [-0.25, -0.2) is 4.79 Å². The highest BCUT2D eigenvalue weighted by Crippen LogP contribution is 2.26. The van der Waals surface area contributed by atoms with E-state index >= 15 is 0 Å². The van der Waals surface area contributed by atoms with Gasteiger partial charge in [0.25, 0.3) is 11.6 Å². The second-order valence-electron chi connectivity index (χ2n) is 5.39. The van der Waals surface area contributed by atoms with Crippen LogP contribution in [-0.2, 0) is 9.53 Å². The van der Waals surface area contributed by atoms with Gasteiger partial charge in [-0.05, 0) is 38.1 Å². The smallest absolute Gasteiger partial charge is 0.339 e. The molecule has 2 rings (SSSR count). The number of amides is 1. The zero-order chi connectivity index (χ0) is 20.0. The van der Waals surface area contributed by atoms with Crippen LogP contribution < -0.4 is 10.1 Å². The first-order chi connectivity index (χ1) is 12.8. The number of esters is 1. The molecule has 2 aromatic carbocycles. The predicted octanol–water partition coefficient (Wildman–Crippen LogP) is 3.83. The van der Waals surface area contributed by atoms with E-state index in [1.165, 1.54) is 19.1 Å². The SMILES string of the molecule is CCOc1ccccc1NC(=O)[C@H](C)OC(=O)c1ccc(Cl)c([N+](=O)[O-])c1. The van der Waals surface area contributed by atoms with Gasteiger partial charge in [0.1, 0.15) is 10.8 Å². The van der Waals surface area contributed by atoms with Crippen LogP contribution >= 0.6 is 11.6 Å². The minimum atomic E-state index is -1.14. The van der Waals surface area contributed by atoms with Gasteiger partial charge in [-0.15, -0.1) is 0 Å². The van der Waals surface area contributed by atoms with Crippen LogP contribution in [0.2, 0.25) is 5.02 Å². The standard InChI is InChI=1S/C18H17ClN2O6/c1-3-26-16-7-5-4-6-14(16)20-17(22)11(2)27-18(23)12-8-9-13(19)15(10-12)21(24)25/h4-11H,3H2,1-2H3,(H,20,22)/t11-/m0/s1. The van der Waals surface area contributed by atoms with Crippen molar-refractivity contribution >= 4 is 34.9 Å². The molecule has 0 aliphatic rings. The third-order valence-electron chi connectivity index (χ3n) is 3.48. The largest absolute Gasteiger partial charge is 0.492 e. The fraction of sp³-hybridized carbons (Fsp3) is 0.222. The summed E-state index contributed by atoms with van der Waals surface area (Å²) >= 11 is 5.71. The van der Waals surface area contributed by atoms with Crippen molar-refractivity contribution in [2.45, 2.75) is 20.0 Å². The Bertz CT molecular complexity index is 871. The van der Waals surface area contributed by atoms with Crippen molar-refractivity contribution in [3.63, 3.8) is 0 Å². The van der Waals surface area contributed by atoms with Crippen molar-refractivity contribution in [2.24, 2.45) is 0 Å². The normalized spacial score (nSPS) is 11.4. The van der Waals surface area contributed by atoms with E-state index in [9.17, 15) is 19.7 Å². The maximum atomic E-state index is 12.3. The van der Waals surface area contributed by atoms with Gasteiger partial charge in [0.05, 0.1) is 22.8 Å². The number of halogens is 1. The quantitative estimate of drug-likeness (QED) is 0.436. The van der Waals surface area contributed by atoms with E-state index in [-0.39, 0.29) is 10.6 Å². The molecule has 0 aliphatic carbocycles. The van der Waals surface area contributed by atoms with Crippen molar-refractivity contribution in [3.05, 3.63) is 63.2 Å². The molecule has 0 unspecified atom stereocenters. The Morgan fingerprint density at radius 3 is 2.63 bits per heavy atom. The Morgan fingerprint density at radius 1 is 1.26 bits per heavy atom. The number of rotatable bonds is 7. The third kappa shape index (κ3) is 5.18. The number of benzene rings is 2. The second kappa shape index (κ2) is 9.00. The van der Waals surface area contributed by atoms with Gasteiger partial charge in [0.2, 0.25) is 0 Å². The Morgan fingerprint density at radius 2 is 1.96 bits per heavy atom. The highest BCUT2D eigenvalue weighted by Gasteiger charge is 2.22. The Kier molecular flexibility index (Phi) is 6.73. The maximum Gasteiger partial charge on any atom is 0.339 e. The van der Waals surface area contributed by atoms with Crippen LogP contribution in [-0.4, -0.2) is 29.5 Å². The van der Waals surface area contributed by atoms with Crippen LogP contribution in [0.5, 0.6) is 5.75 Å². The molecule has 0 aromatic heterocycles. The molecule has 0 saturated heterocycles. The third-order valence-corrected chi connectivity index (χ3v) is 3.80. The molecule has 0 spiro atoms. The number of nitrogens with zero attached hydrogens (tertiary/aromatic N) is 1. The van der Waals surface area contributed by atoms with E-state index in [1.807, 2.05) is 6.92 Å². The van der Waals surface area contributed by atoms with Crippen LogP contribution in [0, 0.1) is 10.1 Å². The molecule has 1 N–H and O–H groups in total. The zero-order valence-corrected chi connectivity index (χ0v) is 15.4.